The maximum atomic E-state index is 0. The smallest absolute Gasteiger partial charge is 1.00 e. The summed E-state index contributed by atoms with van der Waals surface area (Å²) in [5.74, 6) is 0. The third kappa shape index (κ3) is 10.7. The summed E-state index contributed by atoms with van der Waals surface area (Å²) in [6, 6.07) is 0. The van der Waals surface area contributed by atoms with Crippen LogP contribution in [0, 0.1) is 0 Å². The largest absolute Gasteiger partial charge is 1.00 e. The first-order valence-electron chi connectivity index (χ1n) is 0. The summed E-state index contributed by atoms with van der Waals surface area (Å²) in [6.07, 6.45) is 0. The summed E-state index contributed by atoms with van der Waals surface area (Å²) < 4.78 is 0. The minimum absolute atomic E-state index is 0. The molecule has 0 atom stereocenters. The molecule has 2 N–H and O–H groups in total. The Balaban J connectivity index is 0. The van der Waals surface area contributed by atoms with E-state index >= 15 is 0 Å². The van der Waals surface area contributed by atoms with Crippen molar-refractivity contribution in [2.75, 3.05) is 0 Å². The minimum atomic E-state index is 0. The summed E-state index contributed by atoms with van der Waals surface area (Å²) in [4.78, 5) is 0. The van der Waals surface area contributed by atoms with Crippen molar-refractivity contribution < 1.29 is 46.1 Å². The van der Waals surface area contributed by atoms with Crippen LogP contribution in [0.2, 0.25) is 0 Å². The Kier molecular flexibility index (Phi) is 459. The molecule has 0 aromatic rings. The first-order chi connectivity index (χ1) is 0. The third-order valence-corrected chi connectivity index (χ3v) is 0. The number of rotatable bonds is 0. The van der Waals surface area contributed by atoms with Crippen LogP contribution in [0.5, 0.6) is 0 Å². The molecule has 0 spiro atoms. The van der Waals surface area contributed by atoms with Gasteiger partial charge in [0.15, 0.2) is 0 Å². The van der Waals surface area contributed by atoms with Gasteiger partial charge in [0.25, 0.3) is 0 Å². The van der Waals surface area contributed by atoms with Crippen molar-refractivity contribution in [1.82, 2.24) is 0 Å². The van der Waals surface area contributed by atoms with Gasteiger partial charge in [0.05, 0.1) is 0 Å². The molecule has 3 radical (unpaired) electrons. The van der Waals surface area contributed by atoms with E-state index in [0.29, 0.717) is 0 Å². The Labute approximate surface area is 54.7 Å². The molecule has 0 aromatic heterocycles. The van der Waals surface area contributed by atoms with Crippen LogP contribution in [-0.2, 0) is 0 Å². The van der Waals surface area contributed by atoms with Crippen LogP contribution in [0.15, 0.2) is 0 Å². The molecule has 0 aliphatic rings. The van der Waals surface area contributed by atoms with Crippen LogP contribution in [0.3, 0.4) is 0 Å². The van der Waals surface area contributed by atoms with E-state index in [0.717, 1.165) is 0 Å². The van der Waals surface area contributed by atoms with Crippen molar-refractivity contribution in [3.05, 3.63) is 0 Å². The number of hydrogen-bond donors (Lipinski definition) is 0. The second-order valence-corrected chi connectivity index (χ2v) is 0. The SMILES string of the molecule is O.[B].[H-].[H-].[Li+].[Li+]. The second kappa shape index (κ2) is 29.4. The summed E-state index contributed by atoms with van der Waals surface area (Å²) in [5, 5.41) is 0. The van der Waals surface area contributed by atoms with Gasteiger partial charge in [-0.2, -0.15) is 0 Å². The molecular weight excluding hydrogens is 40.7 g/mol. The van der Waals surface area contributed by atoms with Gasteiger partial charge in [-0.3, -0.25) is 0 Å². The maximum absolute atomic E-state index is 0. The van der Waals surface area contributed by atoms with Gasteiger partial charge in [-0.1, -0.05) is 0 Å². The van der Waals surface area contributed by atoms with Crippen LogP contribution >= 0.6 is 0 Å². The average Bonchev–Trinajstić information content (AvgIpc) is 0. The van der Waals surface area contributed by atoms with Gasteiger partial charge in [-0.05, 0) is 0 Å². The Morgan fingerprint density at radius 3 is 1.00 bits per heavy atom. The molecular formula is H4BLi2O. The molecule has 0 aliphatic carbocycles. The maximum Gasteiger partial charge on any atom is 1.00 e. The van der Waals surface area contributed by atoms with Crippen LogP contribution in [0.4, 0.5) is 0 Å². The van der Waals surface area contributed by atoms with Gasteiger partial charge >= 0.3 is 37.7 Å². The fourth-order valence-electron chi connectivity index (χ4n) is 0. The standard InChI is InChI=1S/B.2Li.H2O.2H/h;;;1H2;;/q;2*+1;;2*-1. The fraction of sp³-hybridized carbons (Fsp3) is 0. The van der Waals surface area contributed by atoms with E-state index in [1.165, 1.54) is 0 Å². The van der Waals surface area contributed by atoms with E-state index < -0.39 is 0 Å². The normalized spacial score (nSPS) is 0. The molecule has 0 aromatic carbocycles. The van der Waals surface area contributed by atoms with Gasteiger partial charge in [-0.15, -0.1) is 0 Å². The summed E-state index contributed by atoms with van der Waals surface area (Å²) in [6.45, 7) is 0. The molecule has 15 valence electrons. The quantitative estimate of drug-likeness (QED) is 0.242. The van der Waals surface area contributed by atoms with E-state index in [1.807, 2.05) is 0 Å². The van der Waals surface area contributed by atoms with E-state index in [-0.39, 0.29) is 54.5 Å². The Hall–Kier alpha value is 1.22. The Morgan fingerprint density at radius 1 is 1.00 bits per heavy atom. The molecule has 0 heterocycles. The van der Waals surface area contributed by atoms with E-state index in [2.05, 4.69) is 0 Å². The topological polar surface area (TPSA) is 31.5 Å². The molecule has 0 bridgehead atoms. The summed E-state index contributed by atoms with van der Waals surface area (Å²) in [5.41, 5.74) is 0. The minimum Gasteiger partial charge on any atom is -1.00 e. The zero-order valence-corrected chi connectivity index (χ0v) is 3.08. The molecule has 0 amide bonds. The monoisotopic (exact) mass is 45.1 g/mol. The zero-order valence-electron chi connectivity index (χ0n) is 5.08. The van der Waals surface area contributed by atoms with Gasteiger partial charge < -0.3 is 8.33 Å². The van der Waals surface area contributed by atoms with E-state index in [9.17, 15) is 0 Å². The van der Waals surface area contributed by atoms with Gasteiger partial charge in [0, 0.05) is 8.41 Å². The fourth-order valence-corrected chi connectivity index (χ4v) is 0. The van der Waals surface area contributed by atoms with Crippen LogP contribution < -0.4 is 37.7 Å². The molecule has 0 unspecified atom stereocenters. The van der Waals surface area contributed by atoms with Crippen molar-refractivity contribution in [2.45, 2.75) is 0 Å². The van der Waals surface area contributed by atoms with Crippen molar-refractivity contribution in [1.29, 1.82) is 0 Å². The van der Waals surface area contributed by atoms with Crippen molar-refractivity contribution >= 4 is 8.41 Å². The van der Waals surface area contributed by atoms with Crippen molar-refractivity contribution in [3.8, 4) is 0 Å². The number of hydrogen-bond acceptors (Lipinski definition) is 0. The van der Waals surface area contributed by atoms with E-state index in [4.69, 9.17) is 0 Å². The van der Waals surface area contributed by atoms with E-state index in [1.54, 1.807) is 0 Å². The van der Waals surface area contributed by atoms with Gasteiger partial charge in [0.2, 0.25) is 0 Å². The molecule has 4 heavy (non-hydrogen) atoms. The molecule has 0 aliphatic heterocycles. The van der Waals surface area contributed by atoms with Crippen molar-refractivity contribution in [2.24, 2.45) is 0 Å². The second-order valence-electron chi connectivity index (χ2n) is 0. The van der Waals surface area contributed by atoms with Gasteiger partial charge in [-0.25, -0.2) is 0 Å². The Bertz CT molecular complexity index is 11.5. The summed E-state index contributed by atoms with van der Waals surface area (Å²) in [7, 11) is 0. The predicted molar refractivity (Wildman–Crippen MR) is 11.6 cm³/mol. The molecule has 0 fully saturated rings. The molecule has 4 heteroatoms. The zero-order chi connectivity index (χ0) is 0. The van der Waals surface area contributed by atoms with Crippen LogP contribution in [0.1, 0.15) is 2.85 Å². The first-order valence-corrected chi connectivity index (χ1v) is 0. The van der Waals surface area contributed by atoms with Gasteiger partial charge in [0.1, 0.15) is 0 Å². The molecule has 0 rings (SSSR count). The average molecular weight is 44.7 g/mol. The first kappa shape index (κ1) is 62.5. The third-order valence-electron chi connectivity index (χ3n) is 0. The van der Waals surface area contributed by atoms with Crippen molar-refractivity contribution in [3.63, 3.8) is 0 Å². The molecule has 1 nitrogen and oxygen atoms in total. The Morgan fingerprint density at radius 2 is 1.00 bits per heavy atom. The predicted octanol–water partition coefficient (Wildman–Crippen LogP) is -6.97. The molecule has 0 saturated carbocycles. The summed E-state index contributed by atoms with van der Waals surface area (Å²) >= 11 is 0. The van der Waals surface area contributed by atoms with Crippen LogP contribution in [0.25, 0.3) is 0 Å². The molecule has 0 saturated heterocycles. The van der Waals surface area contributed by atoms with Crippen LogP contribution in [-0.4, -0.2) is 13.9 Å².